The lowest BCUT2D eigenvalue weighted by molar-refractivity contribution is -0.150. The number of para-hydroxylation sites is 1. The van der Waals surface area contributed by atoms with Crippen molar-refractivity contribution in [1.29, 1.82) is 0 Å². The van der Waals surface area contributed by atoms with Crippen molar-refractivity contribution < 1.29 is 23.9 Å². The normalized spacial score (nSPS) is 27.8. The third kappa shape index (κ3) is 4.46. The van der Waals surface area contributed by atoms with Crippen molar-refractivity contribution in [2.45, 2.75) is 64.8 Å². The molecule has 1 aliphatic carbocycles. The fourth-order valence-electron chi connectivity index (χ4n) is 6.43. The molecule has 1 saturated carbocycles. The van der Waals surface area contributed by atoms with E-state index in [0.29, 0.717) is 12.8 Å². The molecule has 1 aromatic carbocycles. The van der Waals surface area contributed by atoms with Crippen LogP contribution in [0.5, 0.6) is 0 Å². The number of fused-ring (bicyclic) bond motifs is 1. The molecule has 2 atom stereocenters. The molecular formula is C27H35N3O5. The minimum absolute atomic E-state index is 0.0993. The number of ether oxygens (including phenoxy) is 1. The Labute approximate surface area is 206 Å². The molecule has 3 aliphatic rings. The van der Waals surface area contributed by atoms with Crippen LogP contribution >= 0.6 is 0 Å². The number of urea groups is 1. The predicted molar refractivity (Wildman–Crippen MR) is 132 cm³/mol. The van der Waals surface area contributed by atoms with Crippen molar-refractivity contribution in [1.82, 2.24) is 10.2 Å². The van der Waals surface area contributed by atoms with Gasteiger partial charge in [0, 0.05) is 29.9 Å². The van der Waals surface area contributed by atoms with Gasteiger partial charge in [-0.3, -0.25) is 19.3 Å². The Morgan fingerprint density at radius 3 is 2.49 bits per heavy atom. The molecular weight excluding hydrogens is 446 g/mol. The number of carbonyl (C=O) groups is 4. The van der Waals surface area contributed by atoms with Gasteiger partial charge >= 0.3 is 12.0 Å². The molecule has 2 aliphatic heterocycles. The average molecular weight is 482 g/mol. The van der Waals surface area contributed by atoms with Crippen LogP contribution in [0.2, 0.25) is 0 Å². The van der Waals surface area contributed by atoms with E-state index in [-0.39, 0.29) is 28.4 Å². The smallest absolute Gasteiger partial charge is 0.326 e. The van der Waals surface area contributed by atoms with Crippen LogP contribution in [0.4, 0.5) is 10.5 Å². The number of hydrogen-bond acceptors (Lipinski definition) is 6. The van der Waals surface area contributed by atoms with Crippen LogP contribution in [-0.4, -0.2) is 54.3 Å². The van der Waals surface area contributed by atoms with Crippen LogP contribution in [0.1, 0.15) is 59.4 Å². The van der Waals surface area contributed by atoms with Gasteiger partial charge in [0.15, 0.2) is 12.4 Å². The van der Waals surface area contributed by atoms with Gasteiger partial charge in [0.1, 0.15) is 12.1 Å². The van der Waals surface area contributed by atoms with Crippen molar-refractivity contribution in [3.63, 3.8) is 0 Å². The van der Waals surface area contributed by atoms with E-state index in [1.54, 1.807) is 0 Å². The van der Waals surface area contributed by atoms with E-state index in [4.69, 9.17) is 4.74 Å². The fraction of sp³-hybridized carbons (Fsp3) is 0.556. The molecule has 0 bridgehead atoms. The molecule has 1 aromatic rings. The van der Waals surface area contributed by atoms with Gasteiger partial charge in [-0.2, -0.15) is 0 Å². The molecule has 35 heavy (non-hydrogen) atoms. The summed E-state index contributed by atoms with van der Waals surface area (Å²) < 4.78 is 5.17. The molecule has 0 aromatic heterocycles. The number of rotatable bonds is 5. The standard InChI is InChI=1S/C27H35N3O5/c1-17-12-25(2,3)16-27(13-17)23(33)30(24(34)28-27)14-22(32)35-15-18(31)11-21-26(4,5)19-9-7-8-10-20(19)29(21)6/h7-11,17H,12-16H2,1-6H3,(H,28,34)/b21-11+. The first kappa shape index (κ1) is 24.9. The first-order valence-corrected chi connectivity index (χ1v) is 12.1. The first-order valence-electron chi connectivity index (χ1n) is 12.1. The maximum Gasteiger partial charge on any atom is 0.326 e. The molecule has 3 amide bonds. The van der Waals surface area contributed by atoms with E-state index in [1.165, 1.54) is 6.08 Å². The van der Waals surface area contributed by atoms with Crippen molar-refractivity contribution >= 4 is 29.4 Å². The van der Waals surface area contributed by atoms with Crippen LogP contribution in [0.15, 0.2) is 36.0 Å². The number of allylic oxidation sites excluding steroid dienone is 1. The summed E-state index contributed by atoms with van der Waals surface area (Å²) >= 11 is 0. The fourth-order valence-corrected chi connectivity index (χ4v) is 6.43. The summed E-state index contributed by atoms with van der Waals surface area (Å²) in [7, 11) is 1.90. The van der Waals surface area contributed by atoms with E-state index in [2.05, 4.69) is 26.1 Å². The Bertz CT molecular complexity index is 1120. The lowest BCUT2D eigenvalue weighted by Crippen LogP contribution is -2.54. The molecule has 1 N–H and O–H groups in total. The number of benzene rings is 1. The molecule has 2 fully saturated rings. The van der Waals surface area contributed by atoms with Gasteiger partial charge in [0.2, 0.25) is 0 Å². The Balaban J connectivity index is 1.38. The van der Waals surface area contributed by atoms with Gasteiger partial charge in [-0.1, -0.05) is 52.8 Å². The SMILES string of the molecule is CC1CC(C)(C)CC2(C1)NC(=O)N(CC(=O)OCC(=O)/C=C1/N(C)c3ccccc3C1(C)C)C2=O. The van der Waals surface area contributed by atoms with Crippen molar-refractivity contribution in [2.75, 3.05) is 25.1 Å². The van der Waals surface area contributed by atoms with Crippen molar-refractivity contribution in [3.05, 3.63) is 41.6 Å². The molecule has 188 valence electrons. The van der Waals surface area contributed by atoms with Gasteiger partial charge in [-0.05, 0) is 42.2 Å². The van der Waals surface area contributed by atoms with Gasteiger partial charge < -0.3 is 15.0 Å². The lowest BCUT2D eigenvalue weighted by atomic mass is 9.64. The highest BCUT2D eigenvalue weighted by Gasteiger charge is 2.56. The third-order valence-electron chi connectivity index (χ3n) is 7.52. The van der Waals surface area contributed by atoms with Crippen LogP contribution in [0.3, 0.4) is 0 Å². The summed E-state index contributed by atoms with van der Waals surface area (Å²) in [4.78, 5) is 53.8. The Hall–Kier alpha value is -3.16. The number of hydrogen-bond donors (Lipinski definition) is 1. The van der Waals surface area contributed by atoms with Crippen molar-refractivity contribution in [2.24, 2.45) is 11.3 Å². The largest absolute Gasteiger partial charge is 0.456 e. The second-order valence-corrected chi connectivity index (χ2v) is 11.6. The molecule has 4 rings (SSSR count). The minimum Gasteiger partial charge on any atom is -0.456 e. The molecule has 1 saturated heterocycles. The average Bonchev–Trinajstić information content (AvgIpc) is 3.08. The maximum absolute atomic E-state index is 13.2. The van der Waals surface area contributed by atoms with Crippen molar-refractivity contribution in [3.8, 4) is 0 Å². The summed E-state index contributed by atoms with van der Waals surface area (Å²) in [5, 5.41) is 2.84. The van der Waals surface area contributed by atoms with Crippen LogP contribution in [0, 0.1) is 11.3 Å². The van der Waals surface area contributed by atoms with E-state index in [9.17, 15) is 19.2 Å². The number of nitrogens with one attached hydrogen (secondary N) is 1. The highest BCUT2D eigenvalue weighted by atomic mass is 16.5. The number of likely N-dealkylation sites (N-methyl/N-ethyl adjacent to an activating group) is 1. The molecule has 2 heterocycles. The number of nitrogens with zero attached hydrogens (tertiary/aromatic N) is 2. The number of imide groups is 1. The van der Waals surface area contributed by atoms with Gasteiger partial charge in [0.05, 0.1) is 0 Å². The molecule has 8 heteroatoms. The maximum atomic E-state index is 13.2. The molecule has 2 unspecified atom stereocenters. The van der Waals surface area contributed by atoms with Crippen LogP contribution < -0.4 is 10.2 Å². The van der Waals surface area contributed by atoms with E-state index >= 15 is 0 Å². The predicted octanol–water partition coefficient (Wildman–Crippen LogP) is 3.55. The Morgan fingerprint density at radius 1 is 1.14 bits per heavy atom. The summed E-state index contributed by atoms with van der Waals surface area (Å²) in [6, 6.07) is 7.37. The zero-order valence-electron chi connectivity index (χ0n) is 21.4. The highest BCUT2D eigenvalue weighted by Crippen LogP contribution is 2.47. The second-order valence-electron chi connectivity index (χ2n) is 11.6. The lowest BCUT2D eigenvalue weighted by Gasteiger charge is -2.43. The monoisotopic (exact) mass is 481 g/mol. The van der Waals surface area contributed by atoms with Crippen LogP contribution in [-0.2, 0) is 24.5 Å². The van der Waals surface area contributed by atoms with Gasteiger partial charge in [-0.15, -0.1) is 0 Å². The van der Waals surface area contributed by atoms with E-state index in [0.717, 1.165) is 28.3 Å². The Morgan fingerprint density at radius 2 is 1.83 bits per heavy atom. The van der Waals surface area contributed by atoms with Gasteiger partial charge in [-0.25, -0.2) is 4.79 Å². The molecule has 1 spiro atoms. The van der Waals surface area contributed by atoms with Crippen LogP contribution in [0.25, 0.3) is 0 Å². The van der Waals surface area contributed by atoms with E-state index < -0.39 is 30.7 Å². The zero-order chi connectivity index (χ0) is 25.8. The number of ketones is 1. The third-order valence-corrected chi connectivity index (χ3v) is 7.52. The minimum atomic E-state index is -0.980. The van der Waals surface area contributed by atoms with Gasteiger partial charge in [0.25, 0.3) is 5.91 Å². The number of esters is 1. The first-order chi connectivity index (χ1) is 16.3. The second kappa shape index (κ2) is 8.50. The summed E-state index contributed by atoms with van der Waals surface area (Å²) in [6.45, 7) is 9.36. The number of anilines is 1. The number of carbonyl (C=O) groups excluding carboxylic acids is 4. The summed E-state index contributed by atoms with van der Waals surface area (Å²) in [5.74, 6) is -1.27. The quantitative estimate of drug-likeness (QED) is 0.393. The van der Waals surface area contributed by atoms with E-state index in [1.807, 2.05) is 50.1 Å². The molecule has 8 nitrogen and oxygen atoms in total. The summed E-state index contributed by atoms with van der Waals surface area (Å²) in [6.07, 6.45) is 3.54. The summed E-state index contributed by atoms with van der Waals surface area (Å²) in [5.41, 5.74) is 1.51. The number of amides is 3. The zero-order valence-corrected chi connectivity index (χ0v) is 21.4. The topological polar surface area (TPSA) is 96.0 Å². The molecule has 0 radical (unpaired) electrons. The Kier molecular flexibility index (Phi) is 6.06. The highest BCUT2D eigenvalue weighted by molar-refractivity contribution is 6.09.